The van der Waals surface area contributed by atoms with Crippen LogP contribution in [0.5, 0.6) is 11.6 Å². The predicted octanol–water partition coefficient (Wildman–Crippen LogP) is 4.85. The summed E-state index contributed by atoms with van der Waals surface area (Å²) in [6.07, 6.45) is 2.56. The number of alkyl halides is 3. The Hall–Kier alpha value is -3.08. The Labute approximate surface area is 202 Å². The van der Waals surface area contributed by atoms with Crippen LogP contribution in [0.1, 0.15) is 62.4 Å². The summed E-state index contributed by atoms with van der Waals surface area (Å²) in [5.41, 5.74) is -1.22. The maximum atomic E-state index is 13.2. The predicted molar refractivity (Wildman–Crippen MR) is 123 cm³/mol. The van der Waals surface area contributed by atoms with Gasteiger partial charge in [-0.25, -0.2) is 9.78 Å². The van der Waals surface area contributed by atoms with E-state index in [0.29, 0.717) is 31.6 Å². The number of ether oxygens (including phenoxy) is 2. The average Bonchev–Trinajstić information content (AvgIpc) is 2.83. The lowest BCUT2D eigenvalue weighted by Crippen LogP contribution is -2.41. The number of urea groups is 1. The van der Waals surface area contributed by atoms with Crippen LogP contribution in [0.25, 0.3) is 0 Å². The molecule has 8 nitrogen and oxygen atoms in total. The Kier molecular flexibility index (Phi) is 9.13. The standard InChI is InChI=1S/C24H31F3N4O4/c1-3-4-5-20-28-11-10-21(31-20)35-18-8-6-17(7-9-18)29-23(33)30-19-13-16(24(25,26)27)12-15(14-32)22(19)34-2/h10-13,17-18,32H,3-9,14H2,1-2H3,(H2,29,30,33). The number of halogens is 3. The molecule has 11 heteroatoms. The smallest absolute Gasteiger partial charge is 0.416 e. The second kappa shape index (κ2) is 12.1. The molecule has 1 fully saturated rings. The lowest BCUT2D eigenvalue weighted by atomic mass is 9.93. The van der Waals surface area contributed by atoms with Crippen molar-refractivity contribution in [1.29, 1.82) is 0 Å². The van der Waals surface area contributed by atoms with Crippen LogP contribution in [0.15, 0.2) is 24.4 Å². The lowest BCUT2D eigenvalue weighted by molar-refractivity contribution is -0.137. The topological polar surface area (TPSA) is 106 Å². The van der Waals surface area contributed by atoms with Gasteiger partial charge in [-0.15, -0.1) is 0 Å². The van der Waals surface area contributed by atoms with E-state index < -0.39 is 24.4 Å². The summed E-state index contributed by atoms with van der Waals surface area (Å²) >= 11 is 0. The van der Waals surface area contributed by atoms with E-state index in [2.05, 4.69) is 27.5 Å². The van der Waals surface area contributed by atoms with E-state index >= 15 is 0 Å². The van der Waals surface area contributed by atoms with Gasteiger partial charge in [0, 0.05) is 30.3 Å². The van der Waals surface area contributed by atoms with Crippen molar-refractivity contribution in [3.8, 4) is 11.6 Å². The number of aliphatic hydroxyl groups excluding tert-OH is 1. The van der Waals surface area contributed by atoms with Gasteiger partial charge in [-0.05, 0) is 44.2 Å². The van der Waals surface area contributed by atoms with Crippen LogP contribution in [0.2, 0.25) is 0 Å². The van der Waals surface area contributed by atoms with Crippen molar-refractivity contribution in [2.24, 2.45) is 0 Å². The highest BCUT2D eigenvalue weighted by Gasteiger charge is 2.33. The molecule has 1 aliphatic carbocycles. The van der Waals surface area contributed by atoms with Crippen LogP contribution in [0, 0.1) is 0 Å². The number of aryl methyl sites for hydroxylation is 1. The maximum absolute atomic E-state index is 13.2. The number of amides is 2. The number of hydrogen-bond acceptors (Lipinski definition) is 6. The Morgan fingerprint density at radius 3 is 2.60 bits per heavy atom. The van der Waals surface area contributed by atoms with Crippen molar-refractivity contribution in [1.82, 2.24) is 15.3 Å². The summed E-state index contributed by atoms with van der Waals surface area (Å²) in [6.45, 7) is 1.44. The molecule has 0 radical (unpaired) electrons. The van der Waals surface area contributed by atoms with Crippen molar-refractivity contribution in [3.63, 3.8) is 0 Å². The molecule has 0 atom stereocenters. The number of carbonyl (C=O) groups is 1. The second-order valence-corrected chi connectivity index (χ2v) is 8.48. The van der Waals surface area contributed by atoms with E-state index in [9.17, 15) is 23.1 Å². The van der Waals surface area contributed by atoms with E-state index in [4.69, 9.17) is 9.47 Å². The minimum absolute atomic E-state index is 0.0177. The fraction of sp³-hybridized carbons (Fsp3) is 0.542. The van der Waals surface area contributed by atoms with Crippen molar-refractivity contribution >= 4 is 11.7 Å². The molecule has 1 aromatic carbocycles. The van der Waals surface area contributed by atoms with E-state index in [1.165, 1.54) is 7.11 Å². The van der Waals surface area contributed by atoms with Gasteiger partial charge >= 0.3 is 12.2 Å². The third-order valence-corrected chi connectivity index (χ3v) is 5.85. The zero-order valence-electron chi connectivity index (χ0n) is 19.8. The van der Waals surface area contributed by atoms with Gasteiger partial charge in [0.2, 0.25) is 5.88 Å². The van der Waals surface area contributed by atoms with Crippen LogP contribution < -0.4 is 20.1 Å². The lowest BCUT2D eigenvalue weighted by Gasteiger charge is -2.29. The number of carbonyl (C=O) groups excluding carboxylic acids is 1. The molecule has 1 aromatic heterocycles. The first kappa shape index (κ1) is 26.5. The van der Waals surface area contributed by atoms with Gasteiger partial charge in [0.05, 0.1) is 25.0 Å². The van der Waals surface area contributed by atoms with Gasteiger partial charge in [0.15, 0.2) is 0 Å². The zero-order chi connectivity index (χ0) is 25.4. The Balaban J connectivity index is 1.55. The first-order valence-corrected chi connectivity index (χ1v) is 11.7. The van der Waals surface area contributed by atoms with Crippen LogP contribution in [-0.4, -0.2) is 40.4 Å². The van der Waals surface area contributed by atoms with Gasteiger partial charge < -0.3 is 25.2 Å². The number of aliphatic hydroxyl groups is 1. The summed E-state index contributed by atoms with van der Waals surface area (Å²) in [5.74, 6) is 1.28. The Morgan fingerprint density at radius 2 is 1.97 bits per heavy atom. The summed E-state index contributed by atoms with van der Waals surface area (Å²) in [4.78, 5) is 21.2. The molecule has 2 aromatic rings. The van der Waals surface area contributed by atoms with Crippen LogP contribution in [0.4, 0.5) is 23.7 Å². The fourth-order valence-electron chi connectivity index (χ4n) is 4.04. The molecule has 35 heavy (non-hydrogen) atoms. The highest BCUT2D eigenvalue weighted by Crippen LogP contribution is 2.38. The largest absolute Gasteiger partial charge is 0.494 e. The van der Waals surface area contributed by atoms with Crippen LogP contribution in [0.3, 0.4) is 0 Å². The third-order valence-electron chi connectivity index (χ3n) is 5.85. The minimum atomic E-state index is -4.64. The summed E-state index contributed by atoms with van der Waals surface area (Å²) < 4.78 is 50.8. The van der Waals surface area contributed by atoms with Crippen molar-refractivity contribution in [2.75, 3.05) is 12.4 Å². The van der Waals surface area contributed by atoms with Gasteiger partial charge in [-0.1, -0.05) is 13.3 Å². The molecule has 3 N–H and O–H groups in total. The molecular formula is C24H31F3N4O4. The van der Waals surface area contributed by atoms with Gasteiger partial charge in [-0.3, -0.25) is 0 Å². The fourth-order valence-corrected chi connectivity index (χ4v) is 4.04. The number of methoxy groups -OCH3 is 1. The van der Waals surface area contributed by atoms with E-state index in [-0.39, 0.29) is 29.1 Å². The molecular weight excluding hydrogens is 465 g/mol. The molecule has 1 saturated carbocycles. The number of unbranched alkanes of at least 4 members (excludes halogenated alkanes) is 1. The van der Waals surface area contributed by atoms with Gasteiger partial charge in [0.25, 0.3) is 0 Å². The molecule has 0 bridgehead atoms. The quantitative estimate of drug-likeness (QED) is 0.458. The third kappa shape index (κ3) is 7.45. The molecule has 0 unspecified atom stereocenters. The molecule has 1 heterocycles. The second-order valence-electron chi connectivity index (χ2n) is 8.48. The molecule has 0 spiro atoms. The normalized spacial score (nSPS) is 18.1. The number of aromatic nitrogens is 2. The highest BCUT2D eigenvalue weighted by atomic mass is 19.4. The first-order valence-electron chi connectivity index (χ1n) is 11.7. The Morgan fingerprint density at radius 1 is 1.23 bits per heavy atom. The minimum Gasteiger partial charge on any atom is -0.494 e. The number of anilines is 1. The number of nitrogens with one attached hydrogen (secondary N) is 2. The van der Waals surface area contributed by atoms with E-state index in [0.717, 1.165) is 37.2 Å². The van der Waals surface area contributed by atoms with E-state index in [1.54, 1.807) is 12.3 Å². The first-order chi connectivity index (χ1) is 16.7. The number of benzene rings is 1. The zero-order valence-corrected chi connectivity index (χ0v) is 19.8. The highest BCUT2D eigenvalue weighted by molar-refractivity contribution is 5.91. The van der Waals surface area contributed by atoms with Crippen LogP contribution >= 0.6 is 0 Å². The summed E-state index contributed by atoms with van der Waals surface area (Å²) in [5, 5.41) is 14.7. The van der Waals surface area contributed by atoms with Crippen molar-refractivity contribution in [2.45, 2.75) is 76.8 Å². The van der Waals surface area contributed by atoms with E-state index in [1.807, 2.05) is 0 Å². The summed E-state index contributed by atoms with van der Waals surface area (Å²) in [6, 6.07) is 2.52. The monoisotopic (exact) mass is 496 g/mol. The van der Waals surface area contributed by atoms with Gasteiger partial charge in [0.1, 0.15) is 17.7 Å². The number of hydrogen-bond donors (Lipinski definition) is 3. The molecule has 0 saturated heterocycles. The molecule has 1 aliphatic rings. The number of nitrogens with zero attached hydrogens (tertiary/aromatic N) is 2. The SMILES string of the molecule is CCCCc1nccc(OC2CCC(NC(=O)Nc3cc(C(F)(F)F)cc(CO)c3OC)CC2)n1. The van der Waals surface area contributed by atoms with Crippen molar-refractivity contribution in [3.05, 3.63) is 41.3 Å². The number of rotatable bonds is 9. The average molecular weight is 497 g/mol. The molecule has 0 aliphatic heterocycles. The van der Waals surface area contributed by atoms with Crippen LogP contribution in [-0.2, 0) is 19.2 Å². The Bertz CT molecular complexity index is 995. The molecule has 2 amide bonds. The molecule has 192 valence electrons. The van der Waals surface area contributed by atoms with Gasteiger partial charge in [-0.2, -0.15) is 18.2 Å². The maximum Gasteiger partial charge on any atom is 0.416 e. The summed E-state index contributed by atoms with van der Waals surface area (Å²) in [7, 11) is 1.26. The molecule has 3 rings (SSSR count). The van der Waals surface area contributed by atoms with Crippen molar-refractivity contribution < 1.29 is 32.5 Å².